The Hall–Kier alpha value is -1.69. The second kappa shape index (κ2) is 5.44. The Bertz CT molecular complexity index is 604. The van der Waals surface area contributed by atoms with E-state index in [1.807, 2.05) is 19.3 Å². The average Bonchev–Trinajstić information content (AvgIpc) is 3.01. The summed E-state index contributed by atoms with van der Waals surface area (Å²) in [6.07, 6.45) is 8.08. The first-order chi connectivity index (χ1) is 11.1. The molecular formula is C17H25N5O. The summed E-state index contributed by atoms with van der Waals surface area (Å²) in [6, 6.07) is 0. The van der Waals surface area contributed by atoms with Crippen molar-refractivity contribution in [1.82, 2.24) is 15.3 Å². The molecule has 1 aliphatic carbocycles. The minimum atomic E-state index is -0.124. The highest BCUT2D eigenvalue weighted by Crippen LogP contribution is 2.55. The van der Waals surface area contributed by atoms with Gasteiger partial charge >= 0.3 is 0 Å². The third-order valence-corrected chi connectivity index (χ3v) is 6.04. The molecule has 4 rings (SSSR count). The van der Waals surface area contributed by atoms with Gasteiger partial charge < -0.3 is 16.0 Å². The Morgan fingerprint density at radius 2 is 2.13 bits per heavy atom. The molecule has 6 heteroatoms. The third kappa shape index (κ3) is 2.69. The predicted octanol–water partition coefficient (Wildman–Crippen LogP) is 0.855. The van der Waals surface area contributed by atoms with E-state index in [9.17, 15) is 4.79 Å². The molecule has 3 heterocycles. The van der Waals surface area contributed by atoms with Crippen LogP contribution in [0.25, 0.3) is 0 Å². The van der Waals surface area contributed by atoms with Crippen molar-refractivity contribution in [2.75, 3.05) is 24.5 Å². The minimum absolute atomic E-state index is 0.0595. The lowest BCUT2D eigenvalue weighted by molar-refractivity contribution is -0.123. The summed E-state index contributed by atoms with van der Waals surface area (Å²) in [5.41, 5.74) is 6.84. The molecule has 3 fully saturated rings. The molecule has 23 heavy (non-hydrogen) atoms. The van der Waals surface area contributed by atoms with E-state index < -0.39 is 0 Å². The lowest BCUT2D eigenvalue weighted by Crippen LogP contribution is -2.46. The summed E-state index contributed by atoms with van der Waals surface area (Å²) in [6.45, 7) is 4.98. The van der Waals surface area contributed by atoms with Gasteiger partial charge in [0.2, 0.25) is 5.91 Å². The fourth-order valence-corrected chi connectivity index (χ4v) is 4.64. The highest BCUT2D eigenvalue weighted by molar-refractivity contribution is 5.77. The van der Waals surface area contributed by atoms with Crippen molar-refractivity contribution in [1.29, 1.82) is 0 Å². The van der Waals surface area contributed by atoms with E-state index in [-0.39, 0.29) is 17.4 Å². The van der Waals surface area contributed by atoms with Crippen molar-refractivity contribution < 1.29 is 4.79 Å². The smallest absolute Gasteiger partial charge is 0.220 e. The molecule has 0 aromatic carbocycles. The summed E-state index contributed by atoms with van der Waals surface area (Å²) in [7, 11) is 0. The van der Waals surface area contributed by atoms with Crippen molar-refractivity contribution in [3.8, 4) is 0 Å². The lowest BCUT2D eigenvalue weighted by Gasteiger charge is -2.31. The molecule has 124 valence electrons. The van der Waals surface area contributed by atoms with Crippen LogP contribution < -0.4 is 16.0 Å². The molecule has 3 N–H and O–H groups in total. The summed E-state index contributed by atoms with van der Waals surface area (Å²) in [5.74, 6) is 2.12. The van der Waals surface area contributed by atoms with Gasteiger partial charge in [-0.25, -0.2) is 9.97 Å². The van der Waals surface area contributed by atoms with Gasteiger partial charge in [0.15, 0.2) is 0 Å². The first kappa shape index (κ1) is 14.9. The van der Waals surface area contributed by atoms with Crippen molar-refractivity contribution in [2.24, 2.45) is 23.5 Å². The van der Waals surface area contributed by atoms with Crippen LogP contribution in [-0.2, 0) is 4.79 Å². The number of aryl methyl sites for hydroxylation is 1. The third-order valence-electron chi connectivity index (χ3n) is 6.04. The Morgan fingerprint density at radius 3 is 2.87 bits per heavy atom. The molecule has 4 atom stereocenters. The SMILES string of the molecule is Cc1ncc(N2CC[C@@H](C3CC34CC(C(N)=O)CCN4)C2)cn1. The molecule has 0 bridgehead atoms. The zero-order valence-electron chi connectivity index (χ0n) is 13.7. The van der Waals surface area contributed by atoms with Crippen LogP contribution in [0.2, 0.25) is 0 Å². The van der Waals surface area contributed by atoms with Gasteiger partial charge in [0, 0.05) is 24.5 Å². The number of nitrogens with one attached hydrogen (secondary N) is 1. The number of hydrogen-bond acceptors (Lipinski definition) is 5. The molecule has 6 nitrogen and oxygen atoms in total. The van der Waals surface area contributed by atoms with E-state index in [0.29, 0.717) is 11.8 Å². The van der Waals surface area contributed by atoms with Gasteiger partial charge in [0.25, 0.3) is 0 Å². The van der Waals surface area contributed by atoms with Gasteiger partial charge in [-0.05, 0) is 51.0 Å². The van der Waals surface area contributed by atoms with Crippen molar-refractivity contribution in [3.05, 3.63) is 18.2 Å². The highest BCUT2D eigenvalue weighted by Gasteiger charge is 2.59. The molecule has 1 amide bonds. The average molecular weight is 315 g/mol. The zero-order valence-corrected chi connectivity index (χ0v) is 13.7. The maximum absolute atomic E-state index is 11.5. The maximum atomic E-state index is 11.5. The molecule has 3 aliphatic rings. The number of piperidine rings is 1. The summed E-state index contributed by atoms with van der Waals surface area (Å²) >= 11 is 0. The van der Waals surface area contributed by atoms with Crippen molar-refractivity contribution in [2.45, 2.75) is 38.1 Å². The number of aromatic nitrogens is 2. The molecule has 2 aliphatic heterocycles. The van der Waals surface area contributed by atoms with Crippen LogP contribution in [0.1, 0.15) is 31.5 Å². The second-order valence-corrected chi connectivity index (χ2v) is 7.47. The maximum Gasteiger partial charge on any atom is 0.220 e. The van der Waals surface area contributed by atoms with Gasteiger partial charge in [0.05, 0.1) is 18.1 Å². The van der Waals surface area contributed by atoms with E-state index in [0.717, 1.165) is 44.0 Å². The summed E-state index contributed by atoms with van der Waals surface area (Å²) in [4.78, 5) is 22.5. The molecule has 2 saturated heterocycles. The largest absolute Gasteiger partial charge is 0.369 e. The number of anilines is 1. The molecule has 1 saturated carbocycles. The van der Waals surface area contributed by atoms with Gasteiger partial charge in [-0.15, -0.1) is 0 Å². The molecule has 1 spiro atoms. The first-order valence-corrected chi connectivity index (χ1v) is 8.65. The van der Waals surface area contributed by atoms with Crippen LogP contribution in [0.15, 0.2) is 12.4 Å². The van der Waals surface area contributed by atoms with Crippen LogP contribution in [0.4, 0.5) is 5.69 Å². The van der Waals surface area contributed by atoms with Gasteiger partial charge in [-0.3, -0.25) is 4.79 Å². The Morgan fingerprint density at radius 1 is 1.35 bits per heavy atom. The quantitative estimate of drug-likeness (QED) is 0.864. The normalized spacial score (nSPS) is 36.4. The molecule has 1 aromatic rings. The lowest BCUT2D eigenvalue weighted by atomic mass is 9.86. The van der Waals surface area contributed by atoms with Crippen LogP contribution in [0.5, 0.6) is 0 Å². The summed E-state index contributed by atoms with van der Waals surface area (Å²) < 4.78 is 0. The number of nitrogens with zero attached hydrogens (tertiary/aromatic N) is 3. The van der Waals surface area contributed by atoms with Crippen LogP contribution in [-0.4, -0.2) is 41.0 Å². The number of rotatable bonds is 3. The Balaban J connectivity index is 1.39. The van der Waals surface area contributed by atoms with Crippen LogP contribution in [0, 0.1) is 24.7 Å². The van der Waals surface area contributed by atoms with Crippen molar-refractivity contribution in [3.63, 3.8) is 0 Å². The van der Waals surface area contributed by atoms with E-state index in [4.69, 9.17) is 5.73 Å². The number of hydrogen-bond donors (Lipinski definition) is 2. The van der Waals surface area contributed by atoms with E-state index in [2.05, 4.69) is 20.2 Å². The number of carbonyl (C=O) groups excluding carboxylic acids is 1. The fraction of sp³-hybridized carbons (Fsp3) is 0.706. The van der Waals surface area contributed by atoms with Gasteiger partial charge in [0.1, 0.15) is 5.82 Å². The monoisotopic (exact) mass is 315 g/mol. The first-order valence-electron chi connectivity index (χ1n) is 8.65. The van der Waals surface area contributed by atoms with Crippen LogP contribution >= 0.6 is 0 Å². The van der Waals surface area contributed by atoms with Gasteiger partial charge in [-0.2, -0.15) is 0 Å². The Kier molecular flexibility index (Phi) is 3.52. The van der Waals surface area contributed by atoms with E-state index in [1.54, 1.807) is 0 Å². The summed E-state index contributed by atoms with van der Waals surface area (Å²) in [5, 5.41) is 3.69. The topological polar surface area (TPSA) is 84.1 Å². The molecular weight excluding hydrogens is 290 g/mol. The fourth-order valence-electron chi connectivity index (χ4n) is 4.64. The number of primary amides is 1. The minimum Gasteiger partial charge on any atom is -0.369 e. The number of nitrogens with two attached hydrogens (primary N) is 1. The van der Waals surface area contributed by atoms with E-state index in [1.165, 1.54) is 12.8 Å². The second-order valence-electron chi connectivity index (χ2n) is 7.47. The highest BCUT2D eigenvalue weighted by atomic mass is 16.1. The van der Waals surface area contributed by atoms with Crippen LogP contribution in [0.3, 0.4) is 0 Å². The van der Waals surface area contributed by atoms with Crippen molar-refractivity contribution >= 4 is 11.6 Å². The predicted molar refractivity (Wildman–Crippen MR) is 87.8 cm³/mol. The number of carbonyl (C=O) groups is 1. The Labute approximate surface area is 136 Å². The molecule has 1 aromatic heterocycles. The standard InChI is InChI=1S/C17H25N5O/c1-11-19-8-14(9-20-11)22-5-3-13(10-22)15-7-17(15)6-12(16(18)23)2-4-21-17/h8-9,12-13,15,21H,2-7,10H2,1H3,(H2,18,23)/t12?,13-,15?,17?/m1/s1. The number of amides is 1. The van der Waals surface area contributed by atoms with E-state index >= 15 is 0 Å². The zero-order chi connectivity index (χ0) is 16.0. The molecule has 0 radical (unpaired) electrons. The van der Waals surface area contributed by atoms with Gasteiger partial charge in [-0.1, -0.05) is 0 Å². The molecule has 3 unspecified atom stereocenters.